The summed E-state index contributed by atoms with van der Waals surface area (Å²) in [6.07, 6.45) is 9.61. The molecule has 86 valence electrons. The molecular weight excluding hydrogens is 232 g/mol. The summed E-state index contributed by atoms with van der Waals surface area (Å²) >= 11 is 5.88. The Morgan fingerprint density at radius 2 is 2.00 bits per heavy atom. The van der Waals surface area contributed by atoms with Crippen LogP contribution in [0.4, 0.5) is 0 Å². The van der Waals surface area contributed by atoms with Crippen molar-refractivity contribution in [3.8, 4) is 0 Å². The first-order valence-electron chi connectivity index (χ1n) is 5.68. The van der Waals surface area contributed by atoms with Crippen LogP contribution in [0.5, 0.6) is 0 Å². The molecule has 0 saturated carbocycles. The third-order valence-corrected chi connectivity index (χ3v) is 3.29. The standard InChI is InChI=1S/C14H13ClN2/c15-12-7-5-11(6-8-12)14-9-13(16-17-14)10-3-1-2-4-10/h1-3,5-9,14,16-17H,4H2. The summed E-state index contributed by atoms with van der Waals surface area (Å²) in [5, 5.41) is 0.770. The molecule has 0 spiro atoms. The molecule has 3 rings (SSSR count). The average Bonchev–Trinajstić information content (AvgIpc) is 3.00. The minimum atomic E-state index is 0.212. The molecule has 0 aromatic heterocycles. The summed E-state index contributed by atoms with van der Waals surface area (Å²) in [6, 6.07) is 8.13. The van der Waals surface area contributed by atoms with Gasteiger partial charge in [-0.3, -0.25) is 0 Å². The van der Waals surface area contributed by atoms with Crippen LogP contribution in [0.3, 0.4) is 0 Å². The van der Waals surface area contributed by atoms with Crippen molar-refractivity contribution in [2.45, 2.75) is 12.5 Å². The first-order chi connectivity index (χ1) is 8.33. The molecule has 0 saturated heterocycles. The molecule has 1 aromatic carbocycles. The van der Waals surface area contributed by atoms with Gasteiger partial charge in [0.2, 0.25) is 0 Å². The molecule has 2 nitrogen and oxygen atoms in total. The van der Waals surface area contributed by atoms with Crippen LogP contribution in [0.25, 0.3) is 0 Å². The van der Waals surface area contributed by atoms with Gasteiger partial charge in [-0.1, -0.05) is 42.0 Å². The fourth-order valence-electron chi connectivity index (χ4n) is 2.09. The fourth-order valence-corrected chi connectivity index (χ4v) is 2.22. The Morgan fingerprint density at radius 1 is 1.18 bits per heavy atom. The molecule has 1 aliphatic heterocycles. The lowest BCUT2D eigenvalue weighted by Gasteiger charge is -2.09. The number of hydrogen-bond acceptors (Lipinski definition) is 2. The number of nitrogens with one attached hydrogen (secondary N) is 2. The van der Waals surface area contributed by atoms with Crippen molar-refractivity contribution in [2.75, 3.05) is 0 Å². The molecule has 2 N–H and O–H groups in total. The van der Waals surface area contributed by atoms with E-state index in [0.717, 1.165) is 11.4 Å². The van der Waals surface area contributed by atoms with Crippen molar-refractivity contribution < 1.29 is 0 Å². The molecule has 2 aliphatic rings. The molecule has 0 amide bonds. The van der Waals surface area contributed by atoms with Crippen molar-refractivity contribution in [3.63, 3.8) is 0 Å². The monoisotopic (exact) mass is 244 g/mol. The van der Waals surface area contributed by atoms with Gasteiger partial charge in [-0.2, -0.15) is 0 Å². The van der Waals surface area contributed by atoms with E-state index in [4.69, 9.17) is 11.6 Å². The lowest BCUT2D eigenvalue weighted by atomic mass is 10.1. The Labute approximate surface area is 106 Å². The van der Waals surface area contributed by atoms with Crippen LogP contribution < -0.4 is 10.9 Å². The van der Waals surface area contributed by atoms with Crippen LogP contribution in [0.15, 0.2) is 59.8 Å². The zero-order valence-electron chi connectivity index (χ0n) is 9.28. The molecule has 3 heteroatoms. The van der Waals surface area contributed by atoms with Crippen LogP contribution >= 0.6 is 11.6 Å². The average molecular weight is 245 g/mol. The number of benzene rings is 1. The van der Waals surface area contributed by atoms with Crippen LogP contribution in [0.2, 0.25) is 5.02 Å². The third kappa shape index (κ3) is 2.14. The Bertz CT molecular complexity index is 512. The second kappa shape index (κ2) is 4.40. The molecule has 0 radical (unpaired) electrons. The second-order valence-corrected chi connectivity index (χ2v) is 4.64. The molecule has 0 fully saturated rings. The highest BCUT2D eigenvalue weighted by atomic mass is 35.5. The predicted molar refractivity (Wildman–Crippen MR) is 70.4 cm³/mol. The Morgan fingerprint density at radius 3 is 2.71 bits per heavy atom. The van der Waals surface area contributed by atoms with Crippen LogP contribution in [0, 0.1) is 0 Å². The topological polar surface area (TPSA) is 24.1 Å². The Balaban J connectivity index is 1.80. The van der Waals surface area contributed by atoms with Gasteiger partial charge in [-0.05, 0) is 35.8 Å². The number of allylic oxidation sites excluding steroid dienone is 4. The zero-order chi connectivity index (χ0) is 11.7. The fraction of sp³-hybridized carbons (Fsp3) is 0.143. The third-order valence-electron chi connectivity index (χ3n) is 3.04. The highest BCUT2D eigenvalue weighted by Crippen LogP contribution is 2.26. The minimum Gasteiger partial charge on any atom is -0.321 e. The van der Waals surface area contributed by atoms with E-state index in [9.17, 15) is 0 Å². The normalized spacial score (nSPS) is 22.3. The van der Waals surface area contributed by atoms with Gasteiger partial charge in [0.1, 0.15) is 0 Å². The summed E-state index contributed by atoms with van der Waals surface area (Å²) in [6.45, 7) is 0. The van der Waals surface area contributed by atoms with E-state index in [2.05, 4.69) is 35.2 Å². The van der Waals surface area contributed by atoms with Gasteiger partial charge >= 0.3 is 0 Å². The van der Waals surface area contributed by atoms with E-state index in [0.29, 0.717) is 0 Å². The number of rotatable bonds is 2. The first kappa shape index (κ1) is 10.6. The lowest BCUT2D eigenvalue weighted by molar-refractivity contribution is 0.599. The van der Waals surface area contributed by atoms with Crippen LogP contribution in [-0.2, 0) is 0 Å². The quantitative estimate of drug-likeness (QED) is 0.835. The van der Waals surface area contributed by atoms with Crippen molar-refractivity contribution in [1.82, 2.24) is 10.9 Å². The van der Waals surface area contributed by atoms with Gasteiger partial charge in [0, 0.05) is 5.02 Å². The molecule has 17 heavy (non-hydrogen) atoms. The maximum absolute atomic E-state index is 5.88. The largest absolute Gasteiger partial charge is 0.321 e. The molecule has 1 unspecified atom stereocenters. The van der Waals surface area contributed by atoms with E-state index < -0.39 is 0 Å². The van der Waals surface area contributed by atoms with Gasteiger partial charge < -0.3 is 5.43 Å². The predicted octanol–water partition coefficient (Wildman–Crippen LogP) is 3.26. The number of halogens is 1. The second-order valence-electron chi connectivity index (χ2n) is 4.20. The van der Waals surface area contributed by atoms with E-state index >= 15 is 0 Å². The lowest BCUT2D eigenvalue weighted by Crippen LogP contribution is -2.27. The van der Waals surface area contributed by atoms with Crippen LogP contribution in [0.1, 0.15) is 18.0 Å². The van der Waals surface area contributed by atoms with Crippen molar-refractivity contribution in [3.05, 3.63) is 70.4 Å². The minimum absolute atomic E-state index is 0.212. The molecular formula is C14H13ClN2. The molecule has 0 bridgehead atoms. The summed E-state index contributed by atoms with van der Waals surface area (Å²) in [4.78, 5) is 0. The zero-order valence-corrected chi connectivity index (χ0v) is 10.0. The molecule has 1 aliphatic carbocycles. The Hall–Kier alpha value is -1.51. The first-order valence-corrected chi connectivity index (χ1v) is 6.05. The summed E-state index contributed by atoms with van der Waals surface area (Å²) in [5.74, 6) is 0. The SMILES string of the molecule is Clc1ccc(C2C=C(C3=CC=CC3)NN2)cc1. The van der Waals surface area contributed by atoms with Gasteiger partial charge in [0.15, 0.2) is 0 Å². The van der Waals surface area contributed by atoms with E-state index in [1.54, 1.807) is 0 Å². The summed E-state index contributed by atoms with van der Waals surface area (Å²) in [5.41, 5.74) is 10.2. The molecule has 1 heterocycles. The van der Waals surface area contributed by atoms with Crippen molar-refractivity contribution in [2.24, 2.45) is 0 Å². The van der Waals surface area contributed by atoms with Crippen LogP contribution in [-0.4, -0.2) is 0 Å². The highest BCUT2D eigenvalue weighted by molar-refractivity contribution is 6.30. The summed E-state index contributed by atoms with van der Waals surface area (Å²) in [7, 11) is 0. The smallest absolute Gasteiger partial charge is 0.0714 e. The highest BCUT2D eigenvalue weighted by Gasteiger charge is 2.18. The van der Waals surface area contributed by atoms with Gasteiger partial charge in [-0.15, -0.1) is 0 Å². The maximum Gasteiger partial charge on any atom is 0.0714 e. The van der Waals surface area contributed by atoms with Gasteiger partial charge in [-0.25, -0.2) is 5.43 Å². The Kier molecular flexibility index (Phi) is 2.75. The van der Waals surface area contributed by atoms with Gasteiger partial charge in [0.25, 0.3) is 0 Å². The van der Waals surface area contributed by atoms with Crippen molar-refractivity contribution in [1.29, 1.82) is 0 Å². The maximum atomic E-state index is 5.88. The molecule has 1 atom stereocenters. The number of hydrazine groups is 1. The molecule has 1 aromatic rings. The summed E-state index contributed by atoms with van der Waals surface area (Å²) < 4.78 is 0. The van der Waals surface area contributed by atoms with Crippen molar-refractivity contribution >= 4 is 11.6 Å². The van der Waals surface area contributed by atoms with Gasteiger partial charge in [0.05, 0.1) is 11.7 Å². The van der Waals surface area contributed by atoms with E-state index in [-0.39, 0.29) is 6.04 Å². The van der Waals surface area contributed by atoms with E-state index in [1.165, 1.54) is 16.8 Å². The number of hydrogen-bond donors (Lipinski definition) is 2. The van der Waals surface area contributed by atoms with E-state index in [1.807, 2.05) is 24.3 Å².